The highest BCUT2D eigenvalue weighted by Crippen LogP contribution is 2.40. The number of aromatic nitrogens is 4. The quantitative estimate of drug-likeness (QED) is 0.809. The first-order chi connectivity index (χ1) is 13.0. The summed E-state index contributed by atoms with van der Waals surface area (Å²) >= 11 is 0. The van der Waals surface area contributed by atoms with Crippen LogP contribution in [0.25, 0.3) is 0 Å². The lowest BCUT2D eigenvalue weighted by atomic mass is 9.88. The molecule has 0 aromatic carbocycles. The molecular formula is C19H26N6O2. The van der Waals surface area contributed by atoms with Crippen molar-refractivity contribution in [1.29, 1.82) is 0 Å². The topological polar surface area (TPSA) is 76.4 Å². The molecule has 27 heavy (non-hydrogen) atoms. The molecule has 1 fully saturated rings. The Hall–Kier alpha value is -2.48. The second-order valence-corrected chi connectivity index (χ2v) is 7.47. The minimum atomic E-state index is -0.530. The van der Waals surface area contributed by atoms with Crippen molar-refractivity contribution in [2.45, 2.75) is 44.4 Å². The van der Waals surface area contributed by atoms with Gasteiger partial charge in [0.25, 0.3) is 5.91 Å². The summed E-state index contributed by atoms with van der Waals surface area (Å²) in [5, 5.41) is 0. The summed E-state index contributed by atoms with van der Waals surface area (Å²) in [6.45, 7) is 4.14. The largest absolute Gasteiger partial charge is 0.352 e. The monoisotopic (exact) mass is 370 g/mol. The Morgan fingerprint density at radius 3 is 2.59 bits per heavy atom. The normalized spacial score (nSPS) is 21.1. The summed E-state index contributed by atoms with van der Waals surface area (Å²) in [6.07, 6.45) is 9.47. The van der Waals surface area contributed by atoms with E-state index in [0.29, 0.717) is 6.54 Å². The Kier molecular flexibility index (Phi) is 4.59. The molecule has 1 atom stereocenters. The lowest BCUT2D eigenvalue weighted by Crippen LogP contribution is -2.54. The number of amides is 1. The van der Waals surface area contributed by atoms with Crippen LogP contribution in [0.15, 0.2) is 24.8 Å². The van der Waals surface area contributed by atoms with Crippen LogP contribution in [0, 0.1) is 0 Å². The number of carbonyl (C=O) groups excluding carboxylic acids is 1. The first-order valence-corrected chi connectivity index (χ1v) is 9.49. The van der Waals surface area contributed by atoms with Crippen LogP contribution < -0.4 is 4.90 Å². The summed E-state index contributed by atoms with van der Waals surface area (Å²) in [5.41, 5.74) is 0.604. The Bertz CT molecular complexity index is 808. The van der Waals surface area contributed by atoms with Crippen LogP contribution >= 0.6 is 0 Å². The molecule has 2 aliphatic rings. The number of carbonyl (C=O) groups is 1. The second kappa shape index (κ2) is 6.92. The Labute approximate surface area is 159 Å². The number of fused-ring (bicyclic) bond motifs is 2. The lowest BCUT2D eigenvalue weighted by Gasteiger charge is -2.45. The highest BCUT2D eigenvalue weighted by Gasteiger charge is 2.47. The average molecular weight is 370 g/mol. The standard InChI is InChI=1S/C19H26N6O2/c1-4-14-11-21-18(22-12-14)24-8-5-19(6-9-24)17-20-7-10-25(17)13-15(27-19)16(26)23(2)3/h7,10-12,15H,4-6,8-9,13H2,1-3H3. The van der Waals surface area contributed by atoms with Crippen molar-refractivity contribution in [3.05, 3.63) is 36.2 Å². The molecule has 144 valence electrons. The predicted octanol–water partition coefficient (Wildman–Crippen LogP) is 1.22. The maximum atomic E-state index is 12.5. The lowest BCUT2D eigenvalue weighted by molar-refractivity contribution is -0.173. The highest BCUT2D eigenvalue weighted by atomic mass is 16.5. The number of rotatable bonds is 3. The van der Waals surface area contributed by atoms with Crippen LogP contribution in [-0.2, 0) is 28.1 Å². The molecule has 0 N–H and O–H groups in total. The number of aryl methyl sites for hydroxylation is 1. The number of piperidine rings is 1. The van der Waals surface area contributed by atoms with Gasteiger partial charge in [-0.3, -0.25) is 4.79 Å². The SMILES string of the molecule is CCc1cnc(N2CCC3(CC2)OC(C(=O)N(C)C)Cn2ccnc23)nc1. The molecule has 0 aliphatic carbocycles. The summed E-state index contributed by atoms with van der Waals surface area (Å²) in [6, 6.07) is 0. The van der Waals surface area contributed by atoms with Crippen LogP contribution in [-0.4, -0.2) is 63.6 Å². The predicted molar refractivity (Wildman–Crippen MR) is 100 cm³/mol. The molecule has 8 nitrogen and oxygen atoms in total. The van der Waals surface area contributed by atoms with Gasteiger partial charge in [-0.05, 0) is 12.0 Å². The molecule has 1 spiro atoms. The zero-order valence-corrected chi connectivity index (χ0v) is 16.1. The first kappa shape index (κ1) is 17.9. The van der Waals surface area contributed by atoms with Gasteiger partial charge in [-0.1, -0.05) is 6.92 Å². The van der Waals surface area contributed by atoms with Crippen molar-refractivity contribution in [2.24, 2.45) is 0 Å². The number of hydrogen-bond donors (Lipinski definition) is 0. The molecule has 0 bridgehead atoms. The van der Waals surface area contributed by atoms with Gasteiger partial charge in [0.2, 0.25) is 5.95 Å². The van der Waals surface area contributed by atoms with Crippen molar-refractivity contribution in [3.8, 4) is 0 Å². The minimum Gasteiger partial charge on any atom is -0.352 e. The van der Waals surface area contributed by atoms with Crippen molar-refractivity contribution < 1.29 is 9.53 Å². The Morgan fingerprint density at radius 2 is 1.96 bits per heavy atom. The molecule has 0 saturated carbocycles. The molecule has 4 heterocycles. The van der Waals surface area contributed by atoms with Crippen LogP contribution in [0.1, 0.15) is 31.2 Å². The van der Waals surface area contributed by atoms with E-state index < -0.39 is 11.7 Å². The van der Waals surface area contributed by atoms with E-state index in [2.05, 4.69) is 31.3 Å². The summed E-state index contributed by atoms with van der Waals surface area (Å²) in [7, 11) is 3.53. The van der Waals surface area contributed by atoms with Gasteiger partial charge in [-0.15, -0.1) is 0 Å². The van der Waals surface area contributed by atoms with E-state index in [1.165, 1.54) is 0 Å². The maximum Gasteiger partial charge on any atom is 0.253 e. The smallest absolute Gasteiger partial charge is 0.253 e. The van der Waals surface area contributed by atoms with Crippen molar-refractivity contribution in [1.82, 2.24) is 24.4 Å². The first-order valence-electron chi connectivity index (χ1n) is 9.49. The van der Waals surface area contributed by atoms with Gasteiger partial charge in [-0.25, -0.2) is 15.0 Å². The van der Waals surface area contributed by atoms with Gasteiger partial charge < -0.3 is 19.1 Å². The van der Waals surface area contributed by atoms with Crippen LogP contribution in [0.2, 0.25) is 0 Å². The van der Waals surface area contributed by atoms with E-state index in [0.717, 1.165) is 49.7 Å². The van der Waals surface area contributed by atoms with Crippen molar-refractivity contribution in [3.63, 3.8) is 0 Å². The molecule has 2 aliphatic heterocycles. The number of anilines is 1. The van der Waals surface area contributed by atoms with E-state index in [1.54, 1.807) is 25.2 Å². The number of nitrogens with zero attached hydrogens (tertiary/aromatic N) is 6. The molecule has 2 aromatic heterocycles. The third kappa shape index (κ3) is 3.18. The van der Waals surface area contributed by atoms with E-state index in [4.69, 9.17) is 4.74 Å². The van der Waals surface area contributed by atoms with Gasteiger partial charge in [0.05, 0.1) is 6.54 Å². The zero-order valence-electron chi connectivity index (χ0n) is 16.1. The van der Waals surface area contributed by atoms with E-state index in [-0.39, 0.29) is 5.91 Å². The second-order valence-electron chi connectivity index (χ2n) is 7.47. The summed E-state index contributed by atoms with van der Waals surface area (Å²) < 4.78 is 8.47. The maximum absolute atomic E-state index is 12.5. The van der Waals surface area contributed by atoms with Crippen LogP contribution in [0.4, 0.5) is 5.95 Å². The van der Waals surface area contributed by atoms with Crippen molar-refractivity contribution >= 4 is 11.9 Å². The van der Waals surface area contributed by atoms with E-state index in [9.17, 15) is 4.79 Å². The fraction of sp³-hybridized carbons (Fsp3) is 0.579. The van der Waals surface area contributed by atoms with Gasteiger partial charge in [-0.2, -0.15) is 0 Å². The minimum absolute atomic E-state index is 0.00496. The Morgan fingerprint density at radius 1 is 1.26 bits per heavy atom. The van der Waals surface area contributed by atoms with E-state index >= 15 is 0 Å². The summed E-state index contributed by atoms with van der Waals surface area (Å²) in [4.78, 5) is 29.9. The number of imidazole rings is 1. The third-order valence-corrected chi connectivity index (χ3v) is 5.52. The van der Waals surface area contributed by atoms with Gasteiger partial charge in [0, 0.05) is 64.8 Å². The third-order valence-electron chi connectivity index (χ3n) is 5.52. The molecule has 8 heteroatoms. The molecule has 1 unspecified atom stereocenters. The molecule has 1 saturated heterocycles. The number of ether oxygens (including phenoxy) is 1. The van der Waals surface area contributed by atoms with Gasteiger partial charge in [0.1, 0.15) is 11.4 Å². The molecular weight excluding hydrogens is 344 g/mol. The molecule has 0 radical (unpaired) electrons. The van der Waals surface area contributed by atoms with Crippen molar-refractivity contribution in [2.75, 3.05) is 32.1 Å². The molecule has 1 amide bonds. The van der Waals surface area contributed by atoms with Gasteiger partial charge >= 0.3 is 0 Å². The summed E-state index contributed by atoms with van der Waals surface area (Å²) in [5.74, 6) is 1.67. The number of likely N-dealkylation sites (N-methyl/N-ethyl adjacent to an activating group) is 1. The molecule has 2 aromatic rings. The Balaban J connectivity index is 1.54. The van der Waals surface area contributed by atoms with Crippen LogP contribution in [0.3, 0.4) is 0 Å². The number of hydrogen-bond acceptors (Lipinski definition) is 6. The highest BCUT2D eigenvalue weighted by molar-refractivity contribution is 5.80. The fourth-order valence-corrected chi connectivity index (χ4v) is 3.92. The fourth-order valence-electron chi connectivity index (χ4n) is 3.92. The van der Waals surface area contributed by atoms with Crippen LogP contribution in [0.5, 0.6) is 0 Å². The van der Waals surface area contributed by atoms with Gasteiger partial charge in [0.15, 0.2) is 6.10 Å². The van der Waals surface area contributed by atoms with E-state index in [1.807, 2.05) is 18.6 Å². The average Bonchev–Trinajstić information content (AvgIpc) is 3.18. The zero-order chi connectivity index (χ0) is 19.0. The molecule has 4 rings (SSSR count).